The average molecular weight is 291 g/mol. The summed E-state index contributed by atoms with van der Waals surface area (Å²) in [6, 6.07) is 9.80. The number of halogens is 1. The number of carbonyl (C=O) groups is 1. The van der Waals surface area contributed by atoms with Gasteiger partial charge in [0.05, 0.1) is 22.8 Å². The van der Waals surface area contributed by atoms with Crippen LogP contribution in [-0.4, -0.2) is 15.6 Å². The van der Waals surface area contributed by atoms with Crippen molar-refractivity contribution in [2.75, 3.05) is 0 Å². The summed E-state index contributed by atoms with van der Waals surface area (Å²) in [4.78, 5) is 12.4. The van der Waals surface area contributed by atoms with Crippen molar-refractivity contribution in [3.63, 3.8) is 0 Å². The van der Waals surface area contributed by atoms with E-state index in [2.05, 4.69) is 5.10 Å². The second-order valence-electron chi connectivity index (χ2n) is 4.96. The van der Waals surface area contributed by atoms with Crippen molar-refractivity contribution in [1.29, 1.82) is 0 Å². The molecule has 2 aromatic rings. The molecule has 106 valence electrons. The summed E-state index contributed by atoms with van der Waals surface area (Å²) in [6.07, 6.45) is 1.09. The van der Waals surface area contributed by atoms with E-state index in [0.717, 1.165) is 23.4 Å². The second-order valence-corrected chi connectivity index (χ2v) is 5.34. The molecule has 20 heavy (non-hydrogen) atoms. The number of hydrogen-bond donors (Lipinski definition) is 0. The number of ketones is 1. The molecule has 3 nitrogen and oxygen atoms in total. The number of aryl methyl sites for hydroxylation is 2. The van der Waals surface area contributed by atoms with Crippen molar-refractivity contribution < 1.29 is 4.79 Å². The SMILES string of the molecule is CCc1nn(C)c(CC(=O)C(C)c2ccccc2)c1Cl. The zero-order valence-corrected chi connectivity index (χ0v) is 12.8. The summed E-state index contributed by atoms with van der Waals surface area (Å²) in [5.41, 5.74) is 2.69. The van der Waals surface area contributed by atoms with Crippen LogP contribution in [0.25, 0.3) is 0 Å². The van der Waals surface area contributed by atoms with E-state index in [1.165, 1.54) is 0 Å². The zero-order chi connectivity index (χ0) is 14.7. The normalized spacial score (nSPS) is 12.4. The molecule has 4 heteroatoms. The Labute approximate surface area is 124 Å². The lowest BCUT2D eigenvalue weighted by Gasteiger charge is -2.11. The van der Waals surface area contributed by atoms with Gasteiger partial charge in [0.25, 0.3) is 0 Å². The van der Waals surface area contributed by atoms with Gasteiger partial charge in [0, 0.05) is 13.0 Å². The van der Waals surface area contributed by atoms with E-state index in [1.54, 1.807) is 4.68 Å². The van der Waals surface area contributed by atoms with Crippen LogP contribution in [0.3, 0.4) is 0 Å². The molecular formula is C16H19ClN2O. The molecule has 0 amide bonds. The van der Waals surface area contributed by atoms with Crippen LogP contribution in [0.1, 0.15) is 36.7 Å². The maximum Gasteiger partial charge on any atom is 0.146 e. The third kappa shape index (κ3) is 2.93. The minimum atomic E-state index is -0.132. The van der Waals surface area contributed by atoms with Gasteiger partial charge in [0.2, 0.25) is 0 Å². The molecular weight excluding hydrogens is 272 g/mol. The molecule has 0 bridgehead atoms. The van der Waals surface area contributed by atoms with Crippen molar-refractivity contribution in [1.82, 2.24) is 9.78 Å². The van der Waals surface area contributed by atoms with Gasteiger partial charge in [-0.3, -0.25) is 9.48 Å². The van der Waals surface area contributed by atoms with Gasteiger partial charge in [0.1, 0.15) is 5.78 Å². The first-order chi connectivity index (χ1) is 9.54. The molecule has 1 atom stereocenters. The summed E-state index contributed by atoms with van der Waals surface area (Å²) in [5, 5.41) is 4.97. The smallest absolute Gasteiger partial charge is 0.146 e. The van der Waals surface area contributed by atoms with Gasteiger partial charge in [-0.25, -0.2) is 0 Å². The first-order valence-electron chi connectivity index (χ1n) is 6.82. The van der Waals surface area contributed by atoms with E-state index in [4.69, 9.17) is 11.6 Å². The van der Waals surface area contributed by atoms with Gasteiger partial charge in [-0.2, -0.15) is 5.10 Å². The molecule has 0 fully saturated rings. The molecule has 1 heterocycles. The summed E-state index contributed by atoms with van der Waals surface area (Å²) in [6.45, 7) is 3.94. The maximum absolute atomic E-state index is 12.4. The molecule has 0 saturated carbocycles. The van der Waals surface area contributed by atoms with E-state index >= 15 is 0 Å². The molecule has 0 aliphatic rings. The largest absolute Gasteiger partial charge is 0.299 e. The molecule has 0 radical (unpaired) electrons. The fourth-order valence-electron chi connectivity index (χ4n) is 2.26. The van der Waals surface area contributed by atoms with Crippen molar-refractivity contribution in [2.24, 2.45) is 7.05 Å². The predicted molar refractivity (Wildman–Crippen MR) is 81.2 cm³/mol. The van der Waals surface area contributed by atoms with E-state index in [9.17, 15) is 4.79 Å². The molecule has 0 aliphatic carbocycles. The Morgan fingerprint density at radius 2 is 2.00 bits per heavy atom. The van der Waals surface area contributed by atoms with Gasteiger partial charge in [-0.1, -0.05) is 55.8 Å². The average Bonchev–Trinajstić information content (AvgIpc) is 2.74. The molecule has 2 rings (SSSR count). The summed E-state index contributed by atoms with van der Waals surface area (Å²) >= 11 is 6.29. The van der Waals surface area contributed by atoms with Crippen LogP contribution in [0.5, 0.6) is 0 Å². The van der Waals surface area contributed by atoms with Crippen LogP contribution in [0.15, 0.2) is 30.3 Å². The number of carbonyl (C=O) groups excluding carboxylic acids is 1. The Morgan fingerprint density at radius 3 is 2.55 bits per heavy atom. The fourth-order valence-corrected chi connectivity index (χ4v) is 2.62. The summed E-state index contributed by atoms with van der Waals surface area (Å²) in [5.74, 6) is 0.0241. The Balaban J connectivity index is 2.18. The lowest BCUT2D eigenvalue weighted by Crippen LogP contribution is -2.14. The zero-order valence-electron chi connectivity index (χ0n) is 12.1. The lowest BCUT2D eigenvalue weighted by molar-refractivity contribution is -0.119. The third-order valence-corrected chi connectivity index (χ3v) is 4.06. The van der Waals surface area contributed by atoms with Gasteiger partial charge in [-0.05, 0) is 12.0 Å². The Kier molecular flexibility index (Phi) is 4.61. The first kappa shape index (κ1) is 14.8. The van der Waals surface area contributed by atoms with Crippen LogP contribution >= 0.6 is 11.6 Å². The topological polar surface area (TPSA) is 34.9 Å². The summed E-state index contributed by atoms with van der Waals surface area (Å²) in [7, 11) is 1.83. The standard InChI is InChI=1S/C16H19ClN2O/c1-4-13-16(17)14(19(3)18-13)10-15(20)11(2)12-8-6-5-7-9-12/h5-9,11H,4,10H2,1-3H3. The van der Waals surface area contributed by atoms with E-state index < -0.39 is 0 Å². The van der Waals surface area contributed by atoms with Crippen molar-refractivity contribution in [3.05, 3.63) is 52.3 Å². The van der Waals surface area contributed by atoms with Crippen LogP contribution in [-0.2, 0) is 24.7 Å². The number of nitrogens with zero attached hydrogens (tertiary/aromatic N) is 2. The minimum absolute atomic E-state index is 0.132. The molecule has 0 spiro atoms. The first-order valence-corrected chi connectivity index (χ1v) is 7.20. The van der Waals surface area contributed by atoms with Crippen molar-refractivity contribution >= 4 is 17.4 Å². The van der Waals surface area contributed by atoms with Crippen molar-refractivity contribution in [2.45, 2.75) is 32.6 Å². The van der Waals surface area contributed by atoms with Crippen LogP contribution < -0.4 is 0 Å². The number of benzene rings is 1. The molecule has 1 aromatic heterocycles. The highest BCUT2D eigenvalue weighted by molar-refractivity contribution is 6.32. The van der Waals surface area contributed by atoms with Crippen LogP contribution in [0, 0.1) is 0 Å². The number of hydrogen-bond acceptors (Lipinski definition) is 2. The second kappa shape index (κ2) is 6.23. The molecule has 0 saturated heterocycles. The van der Waals surface area contributed by atoms with Gasteiger partial charge < -0.3 is 0 Å². The Morgan fingerprint density at radius 1 is 1.35 bits per heavy atom. The van der Waals surface area contributed by atoms with E-state index in [1.807, 2.05) is 51.2 Å². The monoisotopic (exact) mass is 290 g/mol. The lowest BCUT2D eigenvalue weighted by atomic mass is 9.94. The van der Waals surface area contributed by atoms with Gasteiger partial charge in [-0.15, -0.1) is 0 Å². The minimum Gasteiger partial charge on any atom is -0.299 e. The fraction of sp³-hybridized carbons (Fsp3) is 0.375. The molecule has 0 aliphatic heterocycles. The summed E-state index contributed by atoms with van der Waals surface area (Å²) < 4.78 is 1.72. The highest BCUT2D eigenvalue weighted by Gasteiger charge is 2.20. The van der Waals surface area contributed by atoms with Crippen molar-refractivity contribution in [3.8, 4) is 0 Å². The van der Waals surface area contributed by atoms with Gasteiger partial charge in [0.15, 0.2) is 0 Å². The number of rotatable bonds is 5. The van der Waals surface area contributed by atoms with Crippen LogP contribution in [0.4, 0.5) is 0 Å². The third-order valence-electron chi connectivity index (χ3n) is 3.63. The quantitative estimate of drug-likeness (QED) is 0.844. The highest BCUT2D eigenvalue weighted by Crippen LogP contribution is 2.24. The highest BCUT2D eigenvalue weighted by atomic mass is 35.5. The number of Topliss-reactive ketones (excluding diaryl/α,β-unsaturated/α-hetero) is 1. The Hall–Kier alpha value is -1.61. The molecule has 1 aromatic carbocycles. The van der Waals surface area contributed by atoms with Crippen LogP contribution in [0.2, 0.25) is 5.02 Å². The van der Waals surface area contributed by atoms with E-state index in [-0.39, 0.29) is 11.7 Å². The number of aromatic nitrogens is 2. The molecule has 1 unspecified atom stereocenters. The predicted octanol–water partition coefficient (Wildman–Crippen LogP) is 3.55. The Bertz CT molecular complexity index is 604. The maximum atomic E-state index is 12.4. The van der Waals surface area contributed by atoms with Gasteiger partial charge >= 0.3 is 0 Å². The molecule has 0 N–H and O–H groups in total. The van der Waals surface area contributed by atoms with E-state index in [0.29, 0.717) is 11.4 Å².